The van der Waals surface area contributed by atoms with Crippen molar-refractivity contribution in [1.82, 2.24) is 10.2 Å². The molecule has 1 N–H and O–H groups in total. The van der Waals surface area contributed by atoms with Crippen molar-refractivity contribution < 1.29 is 18.3 Å². The van der Waals surface area contributed by atoms with Gasteiger partial charge in [-0.1, -0.05) is 24.3 Å². The Hall–Kier alpha value is -2.47. The van der Waals surface area contributed by atoms with Gasteiger partial charge in [0, 0.05) is 12.1 Å². The van der Waals surface area contributed by atoms with Crippen LogP contribution in [0.5, 0.6) is 5.75 Å². The number of nitrogens with one attached hydrogen (secondary N) is 1. The third kappa shape index (κ3) is 3.85. The lowest BCUT2D eigenvalue weighted by atomic mass is 10.0. The third-order valence-corrected chi connectivity index (χ3v) is 4.73. The molecule has 2 aromatic rings. The summed E-state index contributed by atoms with van der Waals surface area (Å²) in [5.74, 6) is -1.74. The van der Waals surface area contributed by atoms with Crippen LogP contribution in [0.1, 0.15) is 34.8 Å². The van der Waals surface area contributed by atoms with Gasteiger partial charge in [0.1, 0.15) is 22.9 Å². The fourth-order valence-corrected chi connectivity index (χ4v) is 3.42. The Labute approximate surface area is 151 Å². The molecule has 6 heteroatoms. The van der Waals surface area contributed by atoms with Gasteiger partial charge in [-0.2, -0.15) is 0 Å². The van der Waals surface area contributed by atoms with Gasteiger partial charge in [0.2, 0.25) is 0 Å². The number of amides is 1. The zero-order chi connectivity index (χ0) is 18.5. The normalized spacial score (nSPS) is 15.7. The Balaban J connectivity index is 1.81. The van der Waals surface area contributed by atoms with Crippen molar-refractivity contribution in [2.45, 2.75) is 18.9 Å². The van der Waals surface area contributed by atoms with E-state index in [0.717, 1.165) is 49.4 Å². The highest BCUT2D eigenvalue weighted by molar-refractivity contribution is 5.94. The van der Waals surface area contributed by atoms with Crippen LogP contribution in [0.4, 0.5) is 8.78 Å². The van der Waals surface area contributed by atoms with Crippen LogP contribution in [0.2, 0.25) is 0 Å². The minimum atomic E-state index is -0.863. The van der Waals surface area contributed by atoms with Crippen molar-refractivity contribution in [3.8, 4) is 5.75 Å². The van der Waals surface area contributed by atoms with Crippen molar-refractivity contribution in [1.29, 1.82) is 0 Å². The van der Waals surface area contributed by atoms with Crippen molar-refractivity contribution in [3.05, 3.63) is 65.2 Å². The molecular weight excluding hydrogens is 338 g/mol. The van der Waals surface area contributed by atoms with Crippen molar-refractivity contribution in [3.63, 3.8) is 0 Å². The summed E-state index contributed by atoms with van der Waals surface area (Å²) in [6, 6.07) is 10.9. The van der Waals surface area contributed by atoms with Gasteiger partial charge < -0.3 is 10.1 Å². The predicted molar refractivity (Wildman–Crippen MR) is 95.2 cm³/mol. The standard InChI is InChI=1S/C20H22F2N2O2/c1-26-18-10-3-2-7-14(18)17(24-11-4-5-12-24)13-23-20(25)19-15(21)8-6-9-16(19)22/h2-3,6-10,17H,4-5,11-13H2,1H3,(H,23,25). The van der Waals surface area contributed by atoms with Crippen LogP contribution in [0.15, 0.2) is 42.5 Å². The molecule has 0 spiro atoms. The second kappa shape index (κ2) is 8.27. The molecule has 0 radical (unpaired) electrons. The van der Waals surface area contributed by atoms with Gasteiger partial charge in [0.25, 0.3) is 5.91 Å². The molecule has 0 aliphatic carbocycles. The fraction of sp³-hybridized carbons (Fsp3) is 0.350. The van der Waals surface area contributed by atoms with Crippen molar-refractivity contribution in [2.75, 3.05) is 26.7 Å². The number of likely N-dealkylation sites (tertiary alicyclic amines) is 1. The van der Waals surface area contributed by atoms with Crippen LogP contribution in [0, 0.1) is 11.6 Å². The highest BCUT2D eigenvalue weighted by atomic mass is 19.1. The lowest BCUT2D eigenvalue weighted by molar-refractivity contribution is 0.0929. The maximum absolute atomic E-state index is 13.8. The number of methoxy groups -OCH3 is 1. The Morgan fingerprint density at radius 2 is 1.77 bits per heavy atom. The highest BCUT2D eigenvalue weighted by Gasteiger charge is 2.27. The van der Waals surface area contributed by atoms with Gasteiger partial charge in [-0.05, 0) is 44.1 Å². The Kier molecular flexibility index (Phi) is 5.83. The highest BCUT2D eigenvalue weighted by Crippen LogP contribution is 2.31. The molecule has 138 valence electrons. The monoisotopic (exact) mass is 360 g/mol. The van der Waals surface area contributed by atoms with Crippen LogP contribution in [0.3, 0.4) is 0 Å². The van der Waals surface area contributed by atoms with Crippen LogP contribution in [-0.4, -0.2) is 37.6 Å². The van der Waals surface area contributed by atoms with Gasteiger partial charge in [-0.15, -0.1) is 0 Å². The molecule has 4 nitrogen and oxygen atoms in total. The molecular formula is C20H22F2N2O2. The first-order chi connectivity index (χ1) is 12.6. The van der Waals surface area contributed by atoms with Gasteiger partial charge in [0.05, 0.1) is 13.2 Å². The van der Waals surface area contributed by atoms with E-state index in [4.69, 9.17) is 4.74 Å². The summed E-state index contributed by atoms with van der Waals surface area (Å²) >= 11 is 0. The SMILES string of the molecule is COc1ccccc1C(CNC(=O)c1c(F)cccc1F)N1CCCC1. The zero-order valence-corrected chi connectivity index (χ0v) is 14.7. The van der Waals surface area contributed by atoms with E-state index >= 15 is 0 Å². The molecule has 1 amide bonds. The molecule has 1 aliphatic heterocycles. The summed E-state index contributed by atoms with van der Waals surface area (Å²) in [7, 11) is 1.60. The van der Waals surface area contributed by atoms with Crippen LogP contribution < -0.4 is 10.1 Å². The predicted octanol–water partition coefficient (Wildman–Crippen LogP) is 3.54. The number of nitrogens with zero attached hydrogens (tertiary/aromatic N) is 1. The largest absolute Gasteiger partial charge is 0.496 e. The number of benzene rings is 2. The van der Waals surface area contributed by atoms with E-state index in [1.54, 1.807) is 7.11 Å². The van der Waals surface area contributed by atoms with Crippen molar-refractivity contribution in [2.24, 2.45) is 0 Å². The van der Waals surface area contributed by atoms with E-state index in [0.29, 0.717) is 0 Å². The van der Waals surface area contributed by atoms with Gasteiger partial charge in [-0.25, -0.2) is 8.78 Å². The molecule has 0 bridgehead atoms. The number of para-hydroxylation sites is 1. The lowest BCUT2D eigenvalue weighted by Crippen LogP contribution is -2.37. The Morgan fingerprint density at radius 1 is 1.12 bits per heavy atom. The van der Waals surface area contributed by atoms with Crippen LogP contribution >= 0.6 is 0 Å². The Morgan fingerprint density at radius 3 is 2.42 bits per heavy atom. The van der Waals surface area contributed by atoms with Crippen LogP contribution in [-0.2, 0) is 0 Å². The molecule has 1 heterocycles. The molecule has 0 aromatic heterocycles. The average molecular weight is 360 g/mol. The minimum absolute atomic E-state index is 0.118. The fourth-order valence-electron chi connectivity index (χ4n) is 3.42. The maximum atomic E-state index is 13.8. The zero-order valence-electron chi connectivity index (χ0n) is 14.7. The number of ether oxygens (including phenoxy) is 1. The summed E-state index contributed by atoms with van der Waals surface area (Å²) in [4.78, 5) is 14.6. The molecule has 1 aliphatic rings. The van der Waals surface area contributed by atoms with Crippen LogP contribution in [0.25, 0.3) is 0 Å². The van der Waals surface area contributed by atoms with E-state index < -0.39 is 23.1 Å². The summed E-state index contributed by atoms with van der Waals surface area (Å²) in [5, 5.41) is 2.69. The smallest absolute Gasteiger partial charge is 0.257 e. The average Bonchev–Trinajstić information content (AvgIpc) is 3.16. The first-order valence-corrected chi connectivity index (χ1v) is 8.71. The minimum Gasteiger partial charge on any atom is -0.496 e. The number of carbonyl (C=O) groups is 1. The number of halogens is 2. The number of hydrogen-bond donors (Lipinski definition) is 1. The molecule has 3 rings (SSSR count). The first-order valence-electron chi connectivity index (χ1n) is 8.71. The van der Waals surface area contributed by atoms with E-state index in [9.17, 15) is 13.6 Å². The maximum Gasteiger partial charge on any atom is 0.257 e. The quantitative estimate of drug-likeness (QED) is 0.857. The molecule has 0 saturated carbocycles. The van der Waals surface area contributed by atoms with Gasteiger partial charge >= 0.3 is 0 Å². The topological polar surface area (TPSA) is 41.6 Å². The molecule has 26 heavy (non-hydrogen) atoms. The third-order valence-electron chi connectivity index (χ3n) is 4.73. The van der Waals surface area contributed by atoms with Crippen molar-refractivity contribution >= 4 is 5.91 Å². The first kappa shape index (κ1) is 18.3. The molecule has 1 unspecified atom stereocenters. The van der Waals surface area contributed by atoms with E-state index in [1.165, 1.54) is 6.07 Å². The summed E-state index contributed by atoms with van der Waals surface area (Å²) in [6.45, 7) is 2.06. The summed E-state index contributed by atoms with van der Waals surface area (Å²) < 4.78 is 33.1. The molecule has 1 fully saturated rings. The number of carbonyl (C=O) groups excluding carboxylic acids is 1. The molecule has 1 saturated heterocycles. The number of rotatable bonds is 6. The van der Waals surface area contributed by atoms with Gasteiger partial charge in [0.15, 0.2) is 0 Å². The van der Waals surface area contributed by atoms with Gasteiger partial charge in [-0.3, -0.25) is 9.69 Å². The Bertz CT molecular complexity index is 756. The second-order valence-corrected chi connectivity index (χ2v) is 6.31. The lowest BCUT2D eigenvalue weighted by Gasteiger charge is -2.29. The van der Waals surface area contributed by atoms with E-state index in [2.05, 4.69) is 10.2 Å². The summed E-state index contributed by atoms with van der Waals surface area (Å²) in [6.07, 6.45) is 2.17. The second-order valence-electron chi connectivity index (χ2n) is 6.31. The van der Waals surface area contributed by atoms with E-state index in [-0.39, 0.29) is 12.6 Å². The molecule has 2 aromatic carbocycles. The van der Waals surface area contributed by atoms with E-state index in [1.807, 2.05) is 24.3 Å². The number of hydrogen-bond acceptors (Lipinski definition) is 3. The molecule has 1 atom stereocenters. The summed E-state index contributed by atoms with van der Waals surface area (Å²) in [5.41, 5.74) is 0.402.